The van der Waals surface area contributed by atoms with Gasteiger partial charge in [0.2, 0.25) is 0 Å². The van der Waals surface area contributed by atoms with E-state index in [4.69, 9.17) is 5.73 Å². The number of hydrogen-bond acceptors (Lipinski definition) is 2. The van der Waals surface area contributed by atoms with Gasteiger partial charge in [0.05, 0.1) is 0 Å². The van der Waals surface area contributed by atoms with E-state index in [-0.39, 0.29) is 24.8 Å². The molecule has 0 aromatic heterocycles. The van der Waals surface area contributed by atoms with E-state index in [9.17, 15) is 0 Å². The second-order valence-electron chi connectivity index (χ2n) is 4.18. The summed E-state index contributed by atoms with van der Waals surface area (Å²) in [5.74, 6) is 0.951. The third-order valence-corrected chi connectivity index (χ3v) is 3.09. The molecule has 4 heteroatoms. The van der Waals surface area contributed by atoms with Gasteiger partial charge < -0.3 is 10.6 Å². The highest BCUT2D eigenvalue weighted by Gasteiger charge is 2.20. The standard InChI is InChI=1S/C10H22N2.2ClH/c1-9-3-5-10(6-4-9)12(2)8-7-11;;/h9-10H,3-8,11H2,1-2H3;2*1H. The van der Waals surface area contributed by atoms with Gasteiger partial charge in [-0.15, -0.1) is 24.8 Å². The van der Waals surface area contributed by atoms with Gasteiger partial charge in [-0.25, -0.2) is 0 Å². The topological polar surface area (TPSA) is 29.3 Å². The van der Waals surface area contributed by atoms with Gasteiger partial charge in [-0.05, 0) is 38.6 Å². The van der Waals surface area contributed by atoms with Crippen LogP contribution in [0.25, 0.3) is 0 Å². The maximum Gasteiger partial charge on any atom is 0.0104 e. The summed E-state index contributed by atoms with van der Waals surface area (Å²) in [5.41, 5.74) is 5.52. The van der Waals surface area contributed by atoms with Gasteiger partial charge in [0.25, 0.3) is 0 Å². The van der Waals surface area contributed by atoms with Crippen molar-refractivity contribution in [2.24, 2.45) is 11.7 Å². The number of hydrogen-bond donors (Lipinski definition) is 1. The van der Waals surface area contributed by atoms with Gasteiger partial charge in [0, 0.05) is 19.1 Å². The van der Waals surface area contributed by atoms with Crippen LogP contribution in [0.3, 0.4) is 0 Å². The fraction of sp³-hybridized carbons (Fsp3) is 1.00. The summed E-state index contributed by atoms with van der Waals surface area (Å²) in [6.07, 6.45) is 5.55. The van der Waals surface area contributed by atoms with Crippen molar-refractivity contribution in [3.05, 3.63) is 0 Å². The van der Waals surface area contributed by atoms with Crippen LogP contribution in [0.1, 0.15) is 32.6 Å². The van der Waals surface area contributed by atoms with Crippen LogP contribution in [0.4, 0.5) is 0 Å². The van der Waals surface area contributed by atoms with Gasteiger partial charge in [-0.3, -0.25) is 0 Å². The lowest BCUT2D eigenvalue weighted by Crippen LogP contribution is -2.37. The molecule has 88 valence electrons. The average Bonchev–Trinajstić information content (AvgIpc) is 2.06. The average molecular weight is 243 g/mol. The Hall–Kier alpha value is 0.500. The number of rotatable bonds is 3. The van der Waals surface area contributed by atoms with E-state index >= 15 is 0 Å². The van der Waals surface area contributed by atoms with Gasteiger partial charge >= 0.3 is 0 Å². The van der Waals surface area contributed by atoms with Crippen LogP contribution in [0.2, 0.25) is 0 Å². The maximum atomic E-state index is 5.52. The molecule has 0 bridgehead atoms. The molecule has 1 rings (SSSR count). The quantitative estimate of drug-likeness (QED) is 0.824. The largest absolute Gasteiger partial charge is 0.329 e. The van der Waals surface area contributed by atoms with Gasteiger partial charge in [0.15, 0.2) is 0 Å². The summed E-state index contributed by atoms with van der Waals surface area (Å²) >= 11 is 0. The first-order valence-corrected chi connectivity index (χ1v) is 5.14. The molecule has 0 aromatic rings. The van der Waals surface area contributed by atoms with E-state index in [0.29, 0.717) is 0 Å². The van der Waals surface area contributed by atoms with Crippen LogP contribution in [-0.2, 0) is 0 Å². The SMILES string of the molecule is CC1CCC(N(C)CCN)CC1.Cl.Cl. The van der Waals surface area contributed by atoms with Crippen molar-refractivity contribution in [3.8, 4) is 0 Å². The zero-order chi connectivity index (χ0) is 8.97. The minimum atomic E-state index is 0. The minimum absolute atomic E-state index is 0. The second kappa shape index (κ2) is 8.78. The van der Waals surface area contributed by atoms with Crippen molar-refractivity contribution >= 4 is 24.8 Å². The van der Waals surface area contributed by atoms with E-state index in [1.54, 1.807) is 0 Å². The number of halogens is 2. The smallest absolute Gasteiger partial charge is 0.0104 e. The molecule has 0 saturated heterocycles. The Balaban J connectivity index is 0. The highest BCUT2D eigenvalue weighted by molar-refractivity contribution is 5.85. The summed E-state index contributed by atoms with van der Waals surface area (Å²) in [6.45, 7) is 4.21. The van der Waals surface area contributed by atoms with Crippen molar-refractivity contribution in [1.82, 2.24) is 4.90 Å². The van der Waals surface area contributed by atoms with E-state index in [1.165, 1.54) is 25.7 Å². The molecule has 0 spiro atoms. The van der Waals surface area contributed by atoms with Crippen LogP contribution < -0.4 is 5.73 Å². The number of nitrogens with zero attached hydrogens (tertiary/aromatic N) is 1. The highest BCUT2D eigenvalue weighted by Crippen LogP contribution is 2.25. The summed E-state index contributed by atoms with van der Waals surface area (Å²) in [7, 11) is 2.20. The normalized spacial score (nSPS) is 26.6. The Kier molecular flexibility index (Phi) is 10.6. The summed E-state index contributed by atoms with van der Waals surface area (Å²) in [6, 6.07) is 0.810. The second-order valence-corrected chi connectivity index (χ2v) is 4.18. The van der Waals surface area contributed by atoms with E-state index in [1.807, 2.05) is 0 Å². The molecule has 1 saturated carbocycles. The minimum Gasteiger partial charge on any atom is -0.329 e. The highest BCUT2D eigenvalue weighted by atomic mass is 35.5. The molecule has 0 radical (unpaired) electrons. The Morgan fingerprint density at radius 3 is 2.07 bits per heavy atom. The van der Waals surface area contributed by atoms with E-state index in [2.05, 4.69) is 18.9 Å². The Bertz CT molecular complexity index is 125. The van der Waals surface area contributed by atoms with Crippen LogP contribution in [0.15, 0.2) is 0 Å². The molecular formula is C10H24Cl2N2. The summed E-state index contributed by atoms with van der Waals surface area (Å²) in [4.78, 5) is 2.42. The van der Waals surface area contributed by atoms with Gasteiger partial charge in [-0.2, -0.15) is 0 Å². The lowest BCUT2D eigenvalue weighted by molar-refractivity contribution is 0.174. The Morgan fingerprint density at radius 1 is 1.14 bits per heavy atom. The summed E-state index contributed by atoms with van der Waals surface area (Å²) < 4.78 is 0. The van der Waals surface area contributed by atoms with E-state index in [0.717, 1.165) is 25.0 Å². The van der Waals surface area contributed by atoms with Crippen molar-refractivity contribution in [2.75, 3.05) is 20.1 Å². The zero-order valence-corrected chi connectivity index (χ0v) is 10.9. The molecule has 2 N–H and O–H groups in total. The molecule has 2 nitrogen and oxygen atoms in total. The maximum absolute atomic E-state index is 5.52. The van der Waals surface area contributed by atoms with Crippen molar-refractivity contribution < 1.29 is 0 Å². The molecule has 0 amide bonds. The zero-order valence-electron chi connectivity index (χ0n) is 9.24. The van der Waals surface area contributed by atoms with Crippen LogP contribution in [0.5, 0.6) is 0 Å². The van der Waals surface area contributed by atoms with Crippen LogP contribution in [-0.4, -0.2) is 31.1 Å². The van der Waals surface area contributed by atoms with Crippen molar-refractivity contribution in [2.45, 2.75) is 38.6 Å². The predicted octanol–water partition coefficient (Wildman–Crippen LogP) is 2.30. The first-order chi connectivity index (χ1) is 5.74. The summed E-state index contributed by atoms with van der Waals surface area (Å²) in [5, 5.41) is 0. The molecule has 0 heterocycles. The van der Waals surface area contributed by atoms with Gasteiger partial charge in [-0.1, -0.05) is 6.92 Å². The molecule has 1 aliphatic carbocycles. The molecular weight excluding hydrogens is 219 g/mol. The first-order valence-electron chi connectivity index (χ1n) is 5.14. The predicted molar refractivity (Wildman–Crippen MR) is 67.6 cm³/mol. The lowest BCUT2D eigenvalue weighted by Gasteiger charge is -2.33. The Labute approximate surface area is 100 Å². The Morgan fingerprint density at radius 2 is 1.64 bits per heavy atom. The lowest BCUT2D eigenvalue weighted by atomic mass is 9.87. The molecule has 14 heavy (non-hydrogen) atoms. The molecule has 1 aliphatic rings. The molecule has 0 aliphatic heterocycles. The monoisotopic (exact) mass is 242 g/mol. The molecule has 0 atom stereocenters. The third kappa shape index (κ3) is 5.40. The third-order valence-electron chi connectivity index (χ3n) is 3.09. The molecule has 0 aromatic carbocycles. The molecule has 0 unspecified atom stereocenters. The van der Waals surface area contributed by atoms with E-state index < -0.39 is 0 Å². The first kappa shape index (κ1) is 16.9. The number of nitrogens with two attached hydrogens (primary N) is 1. The molecule has 1 fully saturated rings. The number of likely N-dealkylation sites (N-methyl/N-ethyl adjacent to an activating group) is 1. The van der Waals surface area contributed by atoms with Crippen molar-refractivity contribution in [1.29, 1.82) is 0 Å². The van der Waals surface area contributed by atoms with Crippen LogP contribution in [0, 0.1) is 5.92 Å². The van der Waals surface area contributed by atoms with Gasteiger partial charge in [0.1, 0.15) is 0 Å². The van der Waals surface area contributed by atoms with Crippen molar-refractivity contribution in [3.63, 3.8) is 0 Å². The fourth-order valence-electron chi connectivity index (χ4n) is 2.07. The van der Waals surface area contributed by atoms with Crippen LogP contribution >= 0.6 is 24.8 Å². The fourth-order valence-corrected chi connectivity index (χ4v) is 2.07.